The minimum atomic E-state index is -0.415. The van der Waals surface area contributed by atoms with Gasteiger partial charge in [-0.05, 0) is 36.3 Å². The number of hydrogen-bond acceptors (Lipinski definition) is 6. The molecule has 2 aromatic carbocycles. The van der Waals surface area contributed by atoms with Crippen molar-refractivity contribution in [2.75, 3.05) is 20.8 Å². The van der Waals surface area contributed by atoms with Gasteiger partial charge in [-0.1, -0.05) is 25.1 Å². The van der Waals surface area contributed by atoms with E-state index in [0.29, 0.717) is 17.6 Å². The predicted molar refractivity (Wildman–Crippen MR) is 107 cm³/mol. The number of methoxy groups -OCH3 is 2. The number of fused-ring (bicyclic) bond motifs is 1. The molecule has 1 aromatic heterocycles. The molecule has 6 nitrogen and oxygen atoms in total. The van der Waals surface area contributed by atoms with Gasteiger partial charge in [0.15, 0.2) is 17.1 Å². The highest BCUT2D eigenvalue weighted by Gasteiger charge is 2.26. The Labute approximate surface area is 162 Å². The van der Waals surface area contributed by atoms with Gasteiger partial charge in [-0.15, -0.1) is 0 Å². The van der Waals surface area contributed by atoms with Gasteiger partial charge >= 0.3 is 0 Å². The standard InChI is InChI=1S/C22H22O6/c1-4-12-27-15-8-5-14(6-9-15)7-10-17(23)18-19(24)22(26-3)21-16(11-13-28-21)20(18)25-2/h5-11,13,24H,4,12H2,1-3H3/b10-7+. The first kappa shape index (κ1) is 19.4. The summed E-state index contributed by atoms with van der Waals surface area (Å²) >= 11 is 0. The number of carbonyl (C=O) groups is 1. The van der Waals surface area contributed by atoms with Crippen LogP contribution >= 0.6 is 0 Å². The average molecular weight is 382 g/mol. The van der Waals surface area contributed by atoms with Gasteiger partial charge < -0.3 is 23.7 Å². The van der Waals surface area contributed by atoms with Crippen LogP contribution in [0.5, 0.6) is 23.0 Å². The maximum Gasteiger partial charge on any atom is 0.205 e. The number of carbonyl (C=O) groups excluding carboxylic acids is 1. The summed E-state index contributed by atoms with van der Waals surface area (Å²) in [6.07, 6.45) is 5.43. The van der Waals surface area contributed by atoms with Crippen molar-refractivity contribution in [3.05, 3.63) is 53.8 Å². The van der Waals surface area contributed by atoms with Crippen LogP contribution in [0.1, 0.15) is 29.3 Å². The number of hydrogen-bond donors (Lipinski definition) is 1. The van der Waals surface area contributed by atoms with E-state index in [4.69, 9.17) is 18.6 Å². The fourth-order valence-electron chi connectivity index (χ4n) is 2.91. The molecule has 0 radical (unpaired) electrons. The van der Waals surface area contributed by atoms with Crippen molar-refractivity contribution in [2.45, 2.75) is 13.3 Å². The van der Waals surface area contributed by atoms with Crippen molar-refractivity contribution >= 4 is 22.8 Å². The molecule has 0 aliphatic heterocycles. The summed E-state index contributed by atoms with van der Waals surface area (Å²) in [7, 11) is 2.83. The fraction of sp³-hybridized carbons (Fsp3) is 0.227. The number of benzene rings is 2. The van der Waals surface area contributed by atoms with Gasteiger partial charge in [-0.25, -0.2) is 0 Å². The normalized spacial score (nSPS) is 11.1. The van der Waals surface area contributed by atoms with Crippen molar-refractivity contribution in [2.24, 2.45) is 0 Å². The van der Waals surface area contributed by atoms with Gasteiger partial charge in [-0.2, -0.15) is 0 Å². The van der Waals surface area contributed by atoms with Crippen LogP contribution in [-0.2, 0) is 0 Å². The van der Waals surface area contributed by atoms with E-state index < -0.39 is 5.78 Å². The van der Waals surface area contributed by atoms with Crippen LogP contribution in [-0.4, -0.2) is 31.7 Å². The summed E-state index contributed by atoms with van der Waals surface area (Å²) < 4.78 is 21.5. The number of phenolic OH excluding ortho intramolecular Hbond substituents is 1. The molecule has 0 spiro atoms. The maximum absolute atomic E-state index is 12.8. The van der Waals surface area contributed by atoms with Crippen LogP contribution in [0.15, 0.2) is 47.1 Å². The zero-order valence-corrected chi connectivity index (χ0v) is 16.0. The zero-order valence-electron chi connectivity index (χ0n) is 16.0. The fourth-order valence-corrected chi connectivity index (χ4v) is 2.91. The Morgan fingerprint density at radius 1 is 1.11 bits per heavy atom. The summed E-state index contributed by atoms with van der Waals surface area (Å²) in [4.78, 5) is 12.8. The maximum atomic E-state index is 12.8. The molecule has 0 saturated heterocycles. The molecule has 1 N–H and O–H groups in total. The van der Waals surface area contributed by atoms with Crippen LogP contribution in [0.4, 0.5) is 0 Å². The Morgan fingerprint density at radius 2 is 1.82 bits per heavy atom. The Morgan fingerprint density at radius 3 is 2.46 bits per heavy atom. The molecular weight excluding hydrogens is 360 g/mol. The first-order valence-electron chi connectivity index (χ1n) is 8.90. The smallest absolute Gasteiger partial charge is 0.205 e. The minimum Gasteiger partial charge on any atom is -0.504 e. The average Bonchev–Trinajstić information content (AvgIpc) is 3.19. The van der Waals surface area contributed by atoms with E-state index in [9.17, 15) is 9.90 Å². The molecule has 0 bridgehead atoms. The van der Waals surface area contributed by atoms with Crippen molar-refractivity contribution in [1.29, 1.82) is 0 Å². The molecule has 0 unspecified atom stereocenters. The predicted octanol–water partition coefficient (Wildman–Crippen LogP) is 4.84. The Hall–Kier alpha value is -3.41. The van der Waals surface area contributed by atoms with E-state index in [-0.39, 0.29) is 22.8 Å². The molecule has 3 aromatic rings. The van der Waals surface area contributed by atoms with Crippen molar-refractivity contribution in [1.82, 2.24) is 0 Å². The number of ketones is 1. The monoisotopic (exact) mass is 382 g/mol. The number of allylic oxidation sites excluding steroid dienone is 1. The van der Waals surface area contributed by atoms with Crippen LogP contribution in [0, 0.1) is 0 Å². The van der Waals surface area contributed by atoms with E-state index in [2.05, 4.69) is 0 Å². The van der Waals surface area contributed by atoms with Gasteiger partial charge in [-0.3, -0.25) is 4.79 Å². The third kappa shape index (κ3) is 3.67. The van der Waals surface area contributed by atoms with Gasteiger partial charge in [0, 0.05) is 0 Å². The second kappa shape index (κ2) is 8.52. The molecule has 1 heterocycles. The topological polar surface area (TPSA) is 78.1 Å². The molecule has 0 aliphatic carbocycles. The van der Waals surface area contributed by atoms with Crippen LogP contribution < -0.4 is 14.2 Å². The highest BCUT2D eigenvalue weighted by Crippen LogP contribution is 2.45. The lowest BCUT2D eigenvalue weighted by Crippen LogP contribution is -2.02. The number of rotatable bonds is 8. The molecule has 0 atom stereocenters. The Kier molecular flexibility index (Phi) is 5.89. The first-order chi connectivity index (χ1) is 13.6. The van der Waals surface area contributed by atoms with Crippen molar-refractivity contribution in [3.63, 3.8) is 0 Å². The summed E-state index contributed by atoms with van der Waals surface area (Å²) in [5.74, 6) is 0.372. The first-order valence-corrected chi connectivity index (χ1v) is 8.90. The highest BCUT2D eigenvalue weighted by atomic mass is 16.5. The highest BCUT2D eigenvalue weighted by molar-refractivity contribution is 6.15. The van der Waals surface area contributed by atoms with Gasteiger partial charge in [0.05, 0.1) is 32.5 Å². The number of ether oxygens (including phenoxy) is 3. The summed E-state index contributed by atoms with van der Waals surface area (Å²) in [5.41, 5.74) is 1.17. The van der Waals surface area contributed by atoms with Gasteiger partial charge in [0.1, 0.15) is 17.1 Å². The SMILES string of the molecule is CCCOc1ccc(/C=C/C(=O)c2c(O)c(OC)c3occc3c2OC)cc1. The summed E-state index contributed by atoms with van der Waals surface area (Å²) in [5, 5.41) is 11.1. The number of aromatic hydroxyl groups is 1. The Balaban J connectivity index is 1.93. The van der Waals surface area contributed by atoms with E-state index >= 15 is 0 Å². The minimum absolute atomic E-state index is 0.0207. The summed E-state index contributed by atoms with van der Waals surface area (Å²) in [6.45, 7) is 2.70. The molecule has 0 aliphatic rings. The molecular formula is C22H22O6. The van der Waals surface area contributed by atoms with Crippen molar-refractivity contribution < 1.29 is 28.5 Å². The van der Waals surface area contributed by atoms with Gasteiger partial charge in [0.25, 0.3) is 0 Å². The lowest BCUT2D eigenvalue weighted by Gasteiger charge is -2.13. The van der Waals surface area contributed by atoms with Crippen LogP contribution in [0.25, 0.3) is 17.0 Å². The molecule has 0 fully saturated rings. The number of phenols is 1. The molecule has 3 rings (SSSR count). The lowest BCUT2D eigenvalue weighted by atomic mass is 10.0. The number of furan rings is 1. The largest absolute Gasteiger partial charge is 0.504 e. The zero-order chi connectivity index (χ0) is 20.1. The third-order valence-corrected chi connectivity index (χ3v) is 4.23. The van der Waals surface area contributed by atoms with Crippen molar-refractivity contribution in [3.8, 4) is 23.0 Å². The van der Waals surface area contributed by atoms with Crippen LogP contribution in [0.3, 0.4) is 0 Å². The van der Waals surface area contributed by atoms with E-state index in [1.54, 1.807) is 12.1 Å². The summed E-state index contributed by atoms with van der Waals surface area (Å²) in [6, 6.07) is 9.06. The van der Waals surface area contributed by atoms with E-state index in [1.807, 2.05) is 31.2 Å². The molecule has 0 saturated carbocycles. The van der Waals surface area contributed by atoms with E-state index in [1.165, 1.54) is 26.6 Å². The van der Waals surface area contributed by atoms with E-state index in [0.717, 1.165) is 17.7 Å². The van der Waals surface area contributed by atoms with Gasteiger partial charge in [0.2, 0.25) is 5.75 Å². The molecule has 6 heteroatoms. The molecule has 146 valence electrons. The lowest BCUT2D eigenvalue weighted by molar-refractivity contribution is 0.104. The quantitative estimate of drug-likeness (QED) is 0.444. The van der Waals surface area contributed by atoms with Crippen LogP contribution in [0.2, 0.25) is 0 Å². The second-order valence-electron chi connectivity index (χ2n) is 6.07. The Bertz CT molecular complexity index is 998. The third-order valence-electron chi connectivity index (χ3n) is 4.23. The molecule has 0 amide bonds. The molecule has 28 heavy (non-hydrogen) atoms. The second-order valence-corrected chi connectivity index (χ2v) is 6.07.